The number of rotatable bonds is 1. The number of carbonyl (C=O) groups is 1. The van der Waals surface area contributed by atoms with E-state index in [0.29, 0.717) is 11.7 Å². The molecule has 0 aromatic heterocycles. The highest BCUT2D eigenvalue weighted by Crippen LogP contribution is 2.58. The van der Waals surface area contributed by atoms with E-state index in [1.165, 1.54) is 49.7 Å². The minimum atomic E-state index is -0.0244. The van der Waals surface area contributed by atoms with Crippen molar-refractivity contribution in [1.82, 2.24) is 0 Å². The van der Waals surface area contributed by atoms with Gasteiger partial charge in [0.2, 0.25) is 0 Å². The Morgan fingerprint density at radius 2 is 1.96 bits per heavy atom. The van der Waals surface area contributed by atoms with Crippen molar-refractivity contribution in [3.05, 3.63) is 46.5 Å². The fourth-order valence-corrected chi connectivity index (χ4v) is 5.94. The summed E-state index contributed by atoms with van der Waals surface area (Å²) in [6.07, 6.45) is 14.8. The van der Waals surface area contributed by atoms with Crippen molar-refractivity contribution < 1.29 is 4.79 Å². The normalized spacial score (nSPS) is 33.1. The van der Waals surface area contributed by atoms with Crippen LogP contribution in [-0.4, -0.2) is 5.78 Å². The van der Waals surface area contributed by atoms with Gasteiger partial charge in [0.25, 0.3) is 0 Å². The largest absolute Gasteiger partial charge is 0.294 e. The number of fused-ring (bicyclic) bond motifs is 4. The van der Waals surface area contributed by atoms with E-state index in [0.717, 1.165) is 37.2 Å². The van der Waals surface area contributed by atoms with Crippen LogP contribution < -0.4 is 0 Å². The molecular formula is C22H26O. The molecule has 2 saturated carbocycles. The second kappa shape index (κ2) is 5.06. The molecule has 4 aliphatic rings. The maximum atomic E-state index is 13.3. The van der Waals surface area contributed by atoms with Crippen LogP contribution in [0.3, 0.4) is 0 Å². The van der Waals surface area contributed by atoms with Gasteiger partial charge in [-0.25, -0.2) is 0 Å². The SMILES string of the molecule is O=C1c2ccc(C3CCCCC3)cc2CCC12CC1=CCC2C1. The minimum absolute atomic E-state index is 0.0244. The van der Waals surface area contributed by atoms with Crippen molar-refractivity contribution >= 4 is 5.78 Å². The molecule has 0 aliphatic heterocycles. The van der Waals surface area contributed by atoms with E-state index >= 15 is 0 Å². The molecule has 2 unspecified atom stereocenters. The maximum Gasteiger partial charge on any atom is 0.169 e. The van der Waals surface area contributed by atoms with Crippen LogP contribution in [-0.2, 0) is 6.42 Å². The summed E-state index contributed by atoms with van der Waals surface area (Å²) in [5, 5.41) is 0. The highest BCUT2D eigenvalue weighted by Gasteiger charge is 2.53. The van der Waals surface area contributed by atoms with Gasteiger partial charge in [0.15, 0.2) is 5.78 Å². The summed E-state index contributed by atoms with van der Waals surface area (Å²) < 4.78 is 0. The van der Waals surface area contributed by atoms with Crippen LogP contribution in [0, 0.1) is 11.3 Å². The van der Waals surface area contributed by atoms with Crippen LogP contribution in [0.5, 0.6) is 0 Å². The first-order valence-corrected chi connectivity index (χ1v) is 9.62. The van der Waals surface area contributed by atoms with Crippen molar-refractivity contribution in [2.45, 2.75) is 70.1 Å². The van der Waals surface area contributed by atoms with Gasteiger partial charge in [0.1, 0.15) is 0 Å². The molecule has 1 aromatic rings. The molecule has 2 bridgehead atoms. The lowest BCUT2D eigenvalue weighted by molar-refractivity contribution is 0.0671. The lowest BCUT2D eigenvalue weighted by atomic mass is 9.63. The standard InChI is InChI=1S/C22H26O/c23-21-20-9-7-17(16-4-2-1-3-5-16)13-18(20)10-11-22(21)14-15-6-8-19(22)12-15/h6-7,9,13,16,19H,1-5,8,10-12,14H2. The third-order valence-corrected chi connectivity index (χ3v) is 7.27. The molecule has 0 heterocycles. The average Bonchev–Trinajstić information content (AvgIpc) is 3.21. The summed E-state index contributed by atoms with van der Waals surface area (Å²) in [4.78, 5) is 13.3. The number of benzene rings is 1. The summed E-state index contributed by atoms with van der Waals surface area (Å²) in [6.45, 7) is 0. The number of hydrogen-bond donors (Lipinski definition) is 0. The van der Waals surface area contributed by atoms with Gasteiger partial charge in [0.05, 0.1) is 0 Å². The summed E-state index contributed by atoms with van der Waals surface area (Å²) in [5.74, 6) is 1.82. The van der Waals surface area contributed by atoms with Gasteiger partial charge in [-0.1, -0.05) is 49.1 Å². The van der Waals surface area contributed by atoms with Crippen LogP contribution in [0.25, 0.3) is 0 Å². The predicted octanol–water partition coefficient (Wildman–Crippen LogP) is 5.59. The first-order valence-electron chi connectivity index (χ1n) is 9.62. The molecule has 0 saturated heterocycles. The molecule has 120 valence electrons. The fraction of sp³-hybridized carbons (Fsp3) is 0.591. The van der Waals surface area contributed by atoms with Crippen molar-refractivity contribution in [1.29, 1.82) is 0 Å². The Morgan fingerprint density at radius 3 is 2.70 bits per heavy atom. The van der Waals surface area contributed by atoms with E-state index in [1.54, 1.807) is 5.57 Å². The van der Waals surface area contributed by atoms with Crippen molar-refractivity contribution in [2.75, 3.05) is 0 Å². The third kappa shape index (κ3) is 2.01. The summed E-state index contributed by atoms with van der Waals surface area (Å²) in [7, 11) is 0. The van der Waals surface area contributed by atoms with Crippen molar-refractivity contribution in [3.63, 3.8) is 0 Å². The van der Waals surface area contributed by atoms with Crippen LogP contribution in [0.2, 0.25) is 0 Å². The van der Waals surface area contributed by atoms with E-state index in [4.69, 9.17) is 0 Å². The van der Waals surface area contributed by atoms with Crippen molar-refractivity contribution in [2.24, 2.45) is 11.3 Å². The first-order chi connectivity index (χ1) is 11.3. The fourth-order valence-electron chi connectivity index (χ4n) is 5.94. The lowest BCUT2D eigenvalue weighted by Gasteiger charge is -2.39. The number of allylic oxidation sites excluding steroid dienone is 2. The van der Waals surface area contributed by atoms with Gasteiger partial charge in [0, 0.05) is 11.0 Å². The molecule has 0 N–H and O–H groups in total. The van der Waals surface area contributed by atoms with Gasteiger partial charge in [-0.15, -0.1) is 0 Å². The molecule has 4 aliphatic carbocycles. The molecule has 1 heteroatoms. The number of ketones is 1. The zero-order valence-corrected chi connectivity index (χ0v) is 13.9. The quantitative estimate of drug-likeness (QED) is 0.618. The maximum absolute atomic E-state index is 13.3. The summed E-state index contributed by atoms with van der Waals surface area (Å²) >= 11 is 0. The van der Waals surface area contributed by atoms with E-state index in [9.17, 15) is 4.79 Å². The molecule has 1 spiro atoms. The number of Topliss-reactive ketones (excluding diaryl/α,β-unsaturated/α-hetero) is 1. The molecule has 2 atom stereocenters. The first kappa shape index (κ1) is 14.0. The average molecular weight is 306 g/mol. The smallest absolute Gasteiger partial charge is 0.169 e. The zero-order valence-electron chi connectivity index (χ0n) is 13.9. The zero-order chi connectivity index (χ0) is 15.4. The van der Waals surface area contributed by atoms with E-state index < -0.39 is 0 Å². The van der Waals surface area contributed by atoms with E-state index in [-0.39, 0.29) is 5.41 Å². The Morgan fingerprint density at radius 1 is 1.09 bits per heavy atom. The van der Waals surface area contributed by atoms with Gasteiger partial charge >= 0.3 is 0 Å². The number of hydrogen-bond acceptors (Lipinski definition) is 1. The molecule has 1 aromatic carbocycles. The highest BCUT2D eigenvalue weighted by atomic mass is 16.1. The Kier molecular flexibility index (Phi) is 3.08. The second-order valence-electron chi connectivity index (χ2n) is 8.41. The molecule has 0 radical (unpaired) electrons. The van der Waals surface area contributed by atoms with Crippen LogP contribution >= 0.6 is 0 Å². The van der Waals surface area contributed by atoms with Crippen molar-refractivity contribution in [3.8, 4) is 0 Å². The predicted molar refractivity (Wildman–Crippen MR) is 92.8 cm³/mol. The van der Waals surface area contributed by atoms with Gasteiger partial charge in [-0.05, 0) is 67.9 Å². The highest BCUT2D eigenvalue weighted by molar-refractivity contribution is 6.03. The van der Waals surface area contributed by atoms with E-state index in [1.807, 2.05) is 0 Å². The molecule has 23 heavy (non-hydrogen) atoms. The number of carbonyl (C=O) groups excluding carboxylic acids is 1. The Labute approximate surface area is 139 Å². The van der Waals surface area contributed by atoms with Gasteiger partial charge in [-0.2, -0.15) is 0 Å². The van der Waals surface area contributed by atoms with Gasteiger partial charge < -0.3 is 0 Å². The molecule has 2 fully saturated rings. The Balaban J connectivity index is 1.47. The molecular weight excluding hydrogens is 280 g/mol. The van der Waals surface area contributed by atoms with Crippen LogP contribution in [0.1, 0.15) is 85.2 Å². The lowest BCUT2D eigenvalue weighted by Crippen LogP contribution is -2.39. The number of aryl methyl sites for hydroxylation is 1. The second-order valence-corrected chi connectivity index (χ2v) is 8.41. The molecule has 1 nitrogen and oxygen atoms in total. The summed E-state index contributed by atoms with van der Waals surface area (Å²) in [5.41, 5.74) is 5.45. The minimum Gasteiger partial charge on any atom is -0.294 e. The Bertz CT molecular complexity index is 692. The summed E-state index contributed by atoms with van der Waals surface area (Å²) in [6, 6.07) is 6.85. The monoisotopic (exact) mass is 306 g/mol. The van der Waals surface area contributed by atoms with Gasteiger partial charge in [-0.3, -0.25) is 4.79 Å². The Hall–Kier alpha value is -1.37. The molecule has 0 amide bonds. The topological polar surface area (TPSA) is 17.1 Å². The van der Waals surface area contributed by atoms with Crippen LogP contribution in [0.15, 0.2) is 29.8 Å². The molecule has 5 rings (SSSR count). The van der Waals surface area contributed by atoms with E-state index in [2.05, 4.69) is 24.3 Å². The third-order valence-electron chi connectivity index (χ3n) is 7.27. The van der Waals surface area contributed by atoms with Crippen LogP contribution in [0.4, 0.5) is 0 Å².